The van der Waals surface area contributed by atoms with Crippen molar-refractivity contribution in [3.63, 3.8) is 0 Å². The first-order chi connectivity index (χ1) is 9.39. The van der Waals surface area contributed by atoms with Gasteiger partial charge in [-0.05, 0) is 47.1 Å². The van der Waals surface area contributed by atoms with Gasteiger partial charge in [0.15, 0.2) is 0 Å². The van der Waals surface area contributed by atoms with Gasteiger partial charge < -0.3 is 10.2 Å². The molecule has 0 bridgehead atoms. The number of halogens is 1. The van der Waals surface area contributed by atoms with Crippen LogP contribution in [0.5, 0.6) is 0 Å². The molecule has 1 heterocycles. The molecule has 2 rings (SSSR count). The van der Waals surface area contributed by atoms with Gasteiger partial charge in [0, 0.05) is 24.1 Å². The smallest absolute Gasteiger partial charge is 0.255 e. The third kappa shape index (κ3) is 3.57. The fourth-order valence-corrected chi connectivity index (χ4v) is 3.02. The third-order valence-electron chi connectivity index (χ3n) is 3.12. The molecule has 0 atom stereocenters. The molecule has 0 aliphatic carbocycles. The molecule has 1 fully saturated rings. The minimum Gasteiger partial charge on any atom is -0.337 e. The van der Waals surface area contributed by atoms with E-state index in [0.29, 0.717) is 23.1 Å². The minimum atomic E-state index is -3.82. The number of nitrogens with one attached hydrogen (secondary N) is 1. The Hall–Kier alpha value is -0.960. The van der Waals surface area contributed by atoms with E-state index in [1.165, 1.54) is 18.2 Å². The van der Waals surface area contributed by atoms with Crippen LogP contribution in [0.25, 0.3) is 0 Å². The number of carbonyl (C=O) groups excluding carboxylic acids is 1. The van der Waals surface area contributed by atoms with Crippen molar-refractivity contribution in [3.05, 3.63) is 28.2 Å². The van der Waals surface area contributed by atoms with E-state index >= 15 is 0 Å². The maximum Gasteiger partial charge on any atom is 0.255 e. The highest BCUT2D eigenvalue weighted by Gasteiger charge is 2.21. The molecule has 1 amide bonds. The van der Waals surface area contributed by atoms with Crippen LogP contribution in [0.1, 0.15) is 16.8 Å². The van der Waals surface area contributed by atoms with Crippen LogP contribution in [0, 0.1) is 0 Å². The van der Waals surface area contributed by atoms with Crippen LogP contribution in [0.15, 0.2) is 27.6 Å². The quantitative estimate of drug-likeness (QED) is 0.803. The fourth-order valence-electron chi connectivity index (χ4n) is 2.06. The molecule has 1 aliphatic heterocycles. The molecule has 8 heteroatoms. The molecule has 1 aromatic rings. The van der Waals surface area contributed by atoms with Gasteiger partial charge in [-0.3, -0.25) is 4.79 Å². The van der Waals surface area contributed by atoms with Crippen molar-refractivity contribution < 1.29 is 13.2 Å². The lowest BCUT2D eigenvalue weighted by Gasteiger charge is -2.20. The summed E-state index contributed by atoms with van der Waals surface area (Å²) in [5, 5.41) is 8.31. The molecule has 0 spiro atoms. The van der Waals surface area contributed by atoms with Crippen LogP contribution in [0.3, 0.4) is 0 Å². The van der Waals surface area contributed by atoms with Crippen molar-refractivity contribution in [3.8, 4) is 0 Å². The average molecular weight is 362 g/mol. The summed E-state index contributed by atoms with van der Waals surface area (Å²) in [6.07, 6.45) is 0.873. The second-order valence-corrected chi connectivity index (χ2v) is 7.00. The first-order valence-electron chi connectivity index (χ1n) is 6.22. The van der Waals surface area contributed by atoms with Gasteiger partial charge in [0.2, 0.25) is 10.0 Å². The van der Waals surface area contributed by atoms with Gasteiger partial charge in [0.25, 0.3) is 5.91 Å². The Labute approximate surface area is 126 Å². The molecule has 110 valence electrons. The Kier molecular flexibility index (Phi) is 4.79. The summed E-state index contributed by atoms with van der Waals surface area (Å²) in [7, 11) is -3.82. The van der Waals surface area contributed by atoms with Gasteiger partial charge in [-0.15, -0.1) is 0 Å². The maximum atomic E-state index is 12.5. The van der Waals surface area contributed by atoms with Crippen LogP contribution in [0.4, 0.5) is 0 Å². The van der Waals surface area contributed by atoms with Gasteiger partial charge in [0.1, 0.15) is 0 Å². The van der Waals surface area contributed by atoms with Gasteiger partial charge in [0.05, 0.1) is 10.5 Å². The van der Waals surface area contributed by atoms with E-state index in [0.717, 1.165) is 19.5 Å². The van der Waals surface area contributed by atoms with E-state index in [4.69, 9.17) is 5.14 Å². The van der Waals surface area contributed by atoms with Crippen molar-refractivity contribution in [2.45, 2.75) is 11.3 Å². The van der Waals surface area contributed by atoms with Crippen molar-refractivity contribution in [2.75, 3.05) is 26.2 Å². The summed E-state index contributed by atoms with van der Waals surface area (Å²) in [4.78, 5) is 14.1. The van der Waals surface area contributed by atoms with Crippen molar-refractivity contribution in [2.24, 2.45) is 5.14 Å². The molecule has 0 saturated carbocycles. The molecule has 1 saturated heterocycles. The lowest BCUT2D eigenvalue weighted by molar-refractivity contribution is 0.0765. The summed E-state index contributed by atoms with van der Waals surface area (Å²) >= 11 is 3.29. The Morgan fingerprint density at radius 1 is 1.30 bits per heavy atom. The summed E-state index contributed by atoms with van der Waals surface area (Å²) < 4.78 is 23.3. The number of hydrogen-bond acceptors (Lipinski definition) is 4. The molecule has 6 nitrogen and oxygen atoms in total. The topological polar surface area (TPSA) is 92.5 Å². The Morgan fingerprint density at radius 2 is 2.05 bits per heavy atom. The molecule has 0 unspecified atom stereocenters. The van der Waals surface area contributed by atoms with E-state index in [1.807, 2.05) is 0 Å². The van der Waals surface area contributed by atoms with Crippen molar-refractivity contribution in [1.29, 1.82) is 0 Å². The minimum absolute atomic E-state index is 0.0583. The molecule has 3 N–H and O–H groups in total. The molecule has 0 aromatic heterocycles. The first-order valence-corrected chi connectivity index (χ1v) is 8.56. The molecular formula is C12H16BrN3O3S. The van der Waals surface area contributed by atoms with E-state index < -0.39 is 10.0 Å². The van der Waals surface area contributed by atoms with Gasteiger partial charge in [-0.25, -0.2) is 13.6 Å². The zero-order valence-electron chi connectivity index (χ0n) is 10.8. The number of benzene rings is 1. The van der Waals surface area contributed by atoms with E-state index in [1.54, 1.807) is 4.90 Å². The third-order valence-corrected chi connectivity index (χ3v) is 4.73. The predicted octanol–water partition coefficient (Wildman–Crippen LogP) is 0.532. The maximum absolute atomic E-state index is 12.5. The Bertz CT molecular complexity index is 610. The highest BCUT2D eigenvalue weighted by Crippen LogP contribution is 2.22. The Morgan fingerprint density at radius 3 is 2.75 bits per heavy atom. The fraction of sp³-hybridized carbons (Fsp3) is 0.417. The zero-order chi connectivity index (χ0) is 14.8. The van der Waals surface area contributed by atoms with E-state index in [2.05, 4.69) is 21.2 Å². The predicted molar refractivity (Wildman–Crippen MR) is 78.9 cm³/mol. The normalized spacial score (nSPS) is 16.8. The number of rotatable bonds is 2. The summed E-state index contributed by atoms with van der Waals surface area (Å²) in [6, 6.07) is 4.23. The highest BCUT2D eigenvalue weighted by atomic mass is 79.9. The largest absolute Gasteiger partial charge is 0.337 e. The lowest BCUT2D eigenvalue weighted by Crippen LogP contribution is -2.34. The van der Waals surface area contributed by atoms with Gasteiger partial charge in [-0.1, -0.05) is 0 Å². The molecule has 1 aliphatic rings. The zero-order valence-corrected chi connectivity index (χ0v) is 13.2. The number of sulfonamides is 1. The average Bonchev–Trinajstić information content (AvgIpc) is 2.66. The standard InChI is InChI=1S/C12H16BrN3O3S/c13-11-3-2-9(20(14,18)19)8-10(11)12(17)16-6-1-4-15-5-7-16/h2-3,8,15H,1,4-7H2,(H2,14,18,19). The number of carbonyl (C=O) groups is 1. The summed E-state index contributed by atoms with van der Waals surface area (Å²) in [5.41, 5.74) is 0.318. The van der Waals surface area contributed by atoms with Crippen molar-refractivity contribution in [1.82, 2.24) is 10.2 Å². The molecule has 0 radical (unpaired) electrons. The Balaban J connectivity index is 2.33. The van der Waals surface area contributed by atoms with Crippen LogP contribution in [-0.2, 0) is 10.0 Å². The van der Waals surface area contributed by atoms with Crippen LogP contribution >= 0.6 is 15.9 Å². The molecule has 20 heavy (non-hydrogen) atoms. The molecule has 1 aromatic carbocycles. The van der Waals surface area contributed by atoms with Crippen LogP contribution in [0.2, 0.25) is 0 Å². The first kappa shape index (κ1) is 15.4. The van der Waals surface area contributed by atoms with Crippen LogP contribution < -0.4 is 10.5 Å². The number of nitrogens with two attached hydrogens (primary N) is 1. The second-order valence-electron chi connectivity index (χ2n) is 4.58. The lowest BCUT2D eigenvalue weighted by atomic mass is 10.2. The number of amides is 1. The summed E-state index contributed by atoms with van der Waals surface area (Å²) in [5.74, 6) is -0.189. The monoisotopic (exact) mass is 361 g/mol. The van der Waals surface area contributed by atoms with E-state index in [-0.39, 0.29) is 10.8 Å². The van der Waals surface area contributed by atoms with E-state index in [9.17, 15) is 13.2 Å². The van der Waals surface area contributed by atoms with Crippen molar-refractivity contribution >= 4 is 31.9 Å². The number of hydrogen-bond donors (Lipinski definition) is 2. The van der Waals surface area contributed by atoms with Gasteiger partial charge >= 0.3 is 0 Å². The van der Waals surface area contributed by atoms with Gasteiger partial charge in [-0.2, -0.15) is 0 Å². The summed E-state index contributed by atoms with van der Waals surface area (Å²) in [6.45, 7) is 2.86. The molecular weight excluding hydrogens is 346 g/mol. The second kappa shape index (κ2) is 6.21. The SMILES string of the molecule is NS(=O)(=O)c1ccc(Br)c(C(=O)N2CCCNCC2)c1. The number of nitrogens with zero attached hydrogens (tertiary/aromatic N) is 1. The number of primary sulfonamides is 1. The van der Waals surface area contributed by atoms with Crippen LogP contribution in [-0.4, -0.2) is 45.4 Å². The highest BCUT2D eigenvalue weighted by molar-refractivity contribution is 9.10.